The maximum Gasteiger partial charge on any atom is 0.0252 e. The Kier molecular flexibility index (Phi) is 13.9. The fourth-order valence-electron chi connectivity index (χ4n) is 2.58. The second-order valence-corrected chi connectivity index (χ2v) is 6.03. The van der Waals surface area contributed by atoms with Crippen LogP contribution in [0.15, 0.2) is 11.6 Å². The first kappa shape index (κ1) is 18.7. The first-order chi connectivity index (χ1) is 9.20. The Hall–Kier alpha value is -0.300. The lowest BCUT2D eigenvalue weighted by Gasteiger charge is -2.14. The molecular formula is C18H37N. The number of hydrogen-bond donors (Lipinski definition) is 1. The van der Waals surface area contributed by atoms with Crippen LogP contribution in [0.3, 0.4) is 0 Å². The molecule has 0 heterocycles. The monoisotopic (exact) mass is 267 g/mol. The van der Waals surface area contributed by atoms with Crippen molar-refractivity contribution >= 4 is 0 Å². The molecule has 0 aromatic rings. The van der Waals surface area contributed by atoms with Gasteiger partial charge in [0.1, 0.15) is 0 Å². The molecule has 1 heteroatoms. The zero-order valence-corrected chi connectivity index (χ0v) is 13.9. The summed E-state index contributed by atoms with van der Waals surface area (Å²) >= 11 is 0. The summed E-state index contributed by atoms with van der Waals surface area (Å²) in [5.41, 5.74) is 1.43. The van der Waals surface area contributed by atoms with E-state index < -0.39 is 0 Å². The summed E-state index contributed by atoms with van der Waals surface area (Å²) in [5, 5.41) is 3.56. The number of unbranched alkanes of at least 4 members (excludes halogenated alkanes) is 8. The average molecular weight is 268 g/mol. The van der Waals surface area contributed by atoms with Gasteiger partial charge in [0.05, 0.1) is 0 Å². The highest BCUT2D eigenvalue weighted by Gasteiger charge is 2.02. The van der Waals surface area contributed by atoms with E-state index in [-0.39, 0.29) is 0 Å². The number of likely N-dealkylation sites (N-methyl/N-ethyl adjacent to an activating group) is 1. The zero-order chi connectivity index (χ0) is 14.3. The molecule has 1 atom stereocenters. The van der Waals surface area contributed by atoms with Gasteiger partial charge in [-0.25, -0.2) is 0 Å². The maximum absolute atomic E-state index is 3.56. The molecule has 1 N–H and O–H groups in total. The molecular weight excluding hydrogens is 230 g/mol. The van der Waals surface area contributed by atoms with Crippen molar-refractivity contribution in [2.24, 2.45) is 0 Å². The van der Waals surface area contributed by atoms with Gasteiger partial charge in [0.15, 0.2) is 0 Å². The van der Waals surface area contributed by atoms with E-state index in [1.165, 1.54) is 69.8 Å². The summed E-state index contributed by atoms with van der Waals surface area (Å²) in [7, 11) is 0. The molecule has 0 aliphatic rings. The maximum atomic E-state index is 3.56. The molecule has 1 unspecified atom stereocenters. The quantitative estimate of drug-likeness (QED) is 0.326. The summed E-state index contributed by atoms with van der Waals surface area (Å²) in [6.07, 6.45) is 16.5. The van der Waals surface area contributed by atoms with E-state index in [1.807, 2.05) is 0 Å². The lowest BCUT2D eigenvalue weighted by Crippen LogP contribution is -2.26. The Labute approximate surface area is 122 Å². The van der Waals surface area contributed by atoms with Gasteiger partial charge in [-0.15, -0.1) is 0 Å². The van der Waals surface area contributed by atoms with Gasteiger partial charge in [-0.1, -0.05) is 83.3 Å². The van der Waals surface area contributed by atoms with E-state index >= 15 is 0 Å². The van der Waals surface area contributed by atoms with Crippen molar-refractivity contribution in [3.05, 3.63) is 11.6 Å². The zero-order valence-electron chi connectivity index (χ0n) is 13.9. The van der Waals surface area contributed by atoms with Crippen LogP contribution in [0.4, 0.5) is 0 Å². The second-order valence-electron chi connectivity index (χ2n) is 6.03. The van der Waals surface area contributed by atoms with Crippen LogP contribution in [0.5, 0.6) is 0 Å². The molecule has 0 aromatic carbocycles. The van der Waals surface area contributed by atoms with Crippen molar-refractivity contribution < 1.29 is 0 Å². The van der Waals surface area contributed by atoms with Crippen molar-refractivity contribution in [2.45, 2.75) is 97.9 Å². The Morgan fingerprint density at radius 2 is 1.37 bits per heavy atom. The van der Waals surface area contributed by atoms with E-state index in [1.54, 1.807) is 0 Å². The van der Waals surface area contributed by atoms with Crippen LogP contribution in [0.1, 0.15) is 91.9 Å². The summed E-state index contributed by atoms with van der Waals surface area (Å²) < 4.78 is 0. The largest absolute Gasteiger partial charge is 0.311 e. The van der Waals surface area contributed by atoms with Crippen LogP contribution in [-0.2, 0) is 0 Å². The third-order valence-corrected chi connectivity index (χ3v) is 3.62. The van der Waals surface area contributed by atoms with E-state index in [0.29, 0.717) is 6.04 Å². The van der Waals surface area contributed by atoms with Crippen molar-refractivity contribution in [2.75, 3.05) is 6.54 Å². The van der Waals surface area contributed by atoms with Crippen LogP contribution in [0, 0.1) is 0 Å². The lowest BCUT2D eigenvalue weighted by atomic mass is 10.0. The molecule has 114 valence electrons. The summed E-state index contributed by atoms with van der Waals surface area (Å²) in [5.74, 6) is 0. The number of hydrogen-bond acceptors (Lipinski definition) is 1. The van der Waals surface area contributed by atoms with Gasteiger partial charge in [-0.2, -0.15) is 0 Å². The Bertz CT molecular complexity index is 204. The minimum absolute atomic E-state index is 0.597. The van der Waals surface area contributed by atoms with Crippen LogP contribution in [0.2, 0.25) is 0 Å². The summed E-state index contributed by atoms with van der Waals surface area (Å²) in [4.78, 5) is 0. The van der Waals surface area contributed by atoms with E-state index in [9.17, 15) is 0 Å². The van der Waals surface area contributed by atoms with Gasteiger partial charge in [-0.05, 0) is 26.8 Å². The highest BCUT2D eigenvalue weighted by molar-refractivity contribution is 5.00. The van der Waals surface area contributed by atoms with Crippen molar-refractivity contribution in [3.8, 4) is 0 Å². The third-order valence-electron chi connectivity index (χ3n) is 3.62. The molecule has 0 saturated carbocycles. The predicted octanol–water partition coefficient (Wildman–Crippen LogP) is 5.85. The molecule has 19 heavy (non-hydrogen) atoms. The topological polar surface area (TPSA) is 12.0 Å². The Morgan fingerprint density at radius 1 is 0.842 bits per heavy atom. The molecule has 0 fully saturated rings. The molecule has 0 rings (SSSR count). The highest BCUT2D eigenvalue weighted by atomic mass is 14.9. The molecule has 0 aromatic heterocycles. The SMILES string of the molecule is CCCCCCCCCCCC(C=C(C)C)NCC. The molecule has 0 aliphatic carbocycles. The molecule has 0 bridgehead atoms. The summed E-state index contributed by atoms with van der Waals surface area (Å²) in [6.45, 7) is 9.95. The average Bonchev–Trinajstić information content (AvgIpc) is 2.36. The third kappa shape index (κ3) is 13.9. The minimum Gasteiger partial charge on any atom is -0.311 e. The van der Waals surface area contributed by atoms with Crippen molar-refractivity contribution in [1.82, 2.24) is 5.32 Å². The standard InChI is InChI=1S/C18H37N/c1-5-7-8-9-10-11-12-13-14-15-18(19-6-2)16-17(3)4/h16,18-19H,5-15H2,1-4H3. The molecule has 0 spiro atoms. The molecule has 0 saturated heterocycles. The van der Waals surface area contributed by atoms with Crippen LogP contribution >= 0.6 is 0 Å². The Morgan fingerprint density at radius 3 is 1.84 bits per heavy atom. The number of allylic oxidation sites excluding steroid dienone is 1. The van der Waals surface area contributed by atoms with Crippen molar-refractivity contribution in [3.63, 3.8) is 0 Å². The van der Waals surface area contributed by atoms with E-state index in [4.69, 9.17) is 0 Å². The summed E-state index contributed by atoms with van der Waals surface area (Å²) in [6, 6.07) is 0.597. The van der Waals surface area contributed by atoms with E-state index in [2.05, 4.69) is 39.1 Å². The normalized spacial score (nSPS) is 12.4. The van der Waals surface area contributed by atoms with Gasteiger partial charge < -0.3 is 5.32 Å². The molecule has 0 amide bonds. The predicted molar refractivity (Wildman–Crippen MR) is 88.7 cm³/mol. The van der Waals surface area contributed by atoms with Crippen LogP contribution in [-0.4, -0.2) is 12.6 Å². The molecule has 1 nitrogen and oxygen atoms in total. The molecule has 0 aliphatic heterocycles. The molecule has 0 radical (unpaired) electrons. The van der Waals surface area contributed by atoms with Crippen LogP contribution in [0.25, 0.3) is 0 Å². The smallest absolute Gasteiger partial charge is 0.0252 e. The van der Waals surface area contributed by atoms with Gasteiger partial charge in [0, 0.05) is 6.04 Å². The van der Waals surface area contributed by atoms with E-state index in [0.717, 1.165) is 6.54 Å². The van der Waals surface area contributed by atoms with Gasteiger partial charge in [0.25, 0.3) is 0 Å². The first-order valence-electron chi connectivity index (χ1n) is 8.59. The lowest BCUT2D eigenvalue weighted by molar-refractivity contribution is 0.510. The Balaban J connectivity index is 3.42. The minimum atomic E-state index is 0.597. The second kappa shape index (κ2) is 14.1. The fourth-order valence-corrected chi connectivity index (χ4v) is 2.58. The highest BCUT2D eigenvalue weighted by Crippen LogP contribution is 2.12. The van der Waals surface area contributed by atoms with Crippen LogP contribution < -0.4 is 5.32 Å². The fraction of sp³-hybridized carbons (Fsp3) is 0.889. The first-order valence-corrected chi connectivity index (χ1v) is 8.59. The van der Waals surface area contributed by atoms with Gasteiger partial charge in [-0.3, -0.25) is 0 Å². The van der Waals surface area contributed by atoms with Crippen molar-refractivity contribution in [1.29, 1.82) is 0 Å². The number of nitrogens with one attached hydrogen (secondary N) is 1. The van der Waals surface area contributed by atoms with Gasteiger partial charge >= 0.3 is 0 Å². The number of rotatable bonds is 13. The van der Waals surface area contributed by atoms with Gasteiger partial charge in [0.2, 0.25) is 0 Å².